The summed E-state index contributed by atoms with van der Waals surface area (Å²) in [5, 5.41) is 9.49. The number of unbranched alkanes of at least 4 members (excludes halogenated alkanes) is 30. The largest absolute Gasteiger partial charge is 1.00 e. The van der Waals surface area contributed by atoms with Crippen LogP contribution in [0.15, 0.2) is 12.2 Å². The van der Waals surface area contributed by atoms with Gasteiger partial charge in [-0.2, -0.15) is 0 Å². The topological polar surface area (TPSA) is 49.0 Å². The molecule has 298 valence electrons. The molecular weight excluding hydrogens is 624 g/mol. The van der Waals surface area contributed by atoms with Gasteiger partial charge in [0.05, 0.1) is 47.2 Å². The van der Waals surface area contributed by atoms with E-state index >= 15 is 0 Å². The molecule has 4 nitrogen and oxygen atoms in total. The lowest BCUT2D eigenvalue weighted by atomic mass is 10.0. The van der Waals surface area contributed by atoms with Gasteiger partial charge in [0.25, 0.3) is 0 Å². The fourth-order valence-corrected chi connectivity index (χ4v) is 6.05. The normalized spacial score (nSPS) is 10.7. The zero-order chi connectivity index (χ0) is 36.4. The summed E-state index contributed by atoms with van der Waals surface area (Å²) in [6.45, 7) is 11.8. The summed E-state index contributed by atoms with van der Waals surface area (Å²) >= 11 is 0. The molecule has 49 heavy (non-hydrogen) atoms. The number of carboxylic acid groups (broad SMARTS) is 1. The molecule has 0 saturated heterocycles. The van der Waals surface area contributed by atoms with Crippen LogP contribution in [0.25, 0.3) is 0 Å². The van der Waals surface area contributed by atoms with Gasteiger partial charge in [0.15, 0.2) is 0 Å². The zero-order valence-corrected chi connectivity index (χ0v) is 35.7. The van der Waals surface area contributed by atoms with E-state index in [4.69, 9.17) is 0 Å². The van der Waals surface area contributed by atoms with Crippen molar-refractivity contribution in [2.75, 3.05) is 41.3 Å². The van der Waals surface area contributed by atoms with Crippen LogP contribution in [0.5, 0.6) is 0 Å². The van der Waals surface area contributed by atoms with E-state index in [2.05, 4.69) is 48.6 Å². The van der Waals surface area contributed by atoms with E-state index in [1.165, 1.54) is 225 Å². The minimum Gasteiger partial charge on any atom is -1.00 e. The van der Waals surface area contributed by atoms with Gasteiger partial charge in [0.2, 0.25) is 0 Å². The zero-order valence-electron chi connectivity index (χ0n) is 34.9. The van der Waals surface area contributed by atoms with Gasteiger partial charge in [0.1, 0.15) is 0 Å². The van der Waals surface area contributed by atoms with Crippen LogP contribution >= 0.6 is 0 Å². The molecule has 0 aromatic rings. The van der Waals surface area contributed by atoms with Crippen LogP contribution in [0, 0.1) is 0 Å². The number of halogens is 1. The van der Waals surface area contributed by atoms with Crippen molar-refractivity contribution >= 4 is 5.97 Å². The molecule has 0 radical (unpaired) electrons. The molecule has 0 aliphatic heterocycles. The molecule has 0 aliphatic carbocycles. The standard InChI is InChI=1S/2C20H43N.C4H6O2.ClH/c2*1-4-5-6-7-8-9-10-11-12-13-14-15-16-17-18-19-20-21(2)3;1-3(2)4(5)6;/h2*4-20H2,1-3H3;1H2,2H3,(H,5,6);1H. The van der Waals surface area contributed by atoms with Crippen LogP contribution in [-0.4, -0.2) is 47.2 Å². The summed E-state index contributed by atoms with van der Waals surface area (Å²) in [6, 6.07) is 0. The molecule has 0 aromatic carbocycles. The van der Waals surface area contributed by atoms with Crippen LogP contribution < -0.4 is 27.3 Å². The molecule has 0 bridgehead atoms. The highest BCUT2D eigenvalue weighted by Gasteiger charge is 1.97. The van der Waals surface area contributed by atoms with Gasteiger partial charge in [-0.3, -0.25) is 0 Å². The van der Waals surface area contributed by atoms with Gasteiger partial charge in [0, 0.05) is 0 Å². The Hall–Kier alpha value is -0.580. The number of hydrogen-bond donors (Lipinski definition) is 2. The van der Waals surface area contributed by atoms with E-state index < -0.39 is 5.97 Å². The lowest BCUT2D eigenvalue weighted by molar-refractivity contribution is -0.858. The fourth-order valence-electron chi connectivity index (χ4n) is 6.05. The van der Waals surface area contributed by atoms with E-state index in [0.717, 1.165) is 0 Å². The van der Waals surface area contributed by atoms with Crippen LogP contribution in [0.3, 0.4) is 0 Å². The summed E-state index contributed by atoms with van der Waals surface area (Å²) < 4.78 is 0. The minimum atomic E-state index is -1.19. The second kappa shape index (κ2) is 49.5. The Kier molecular flexibility index (Phi) is 55.8. The SMILES string of the molecule is C=C(C)C(=O)[O-].CCCCCCCCCCCCCCCCCC[NH+](C)C.CCCCCCCCCCCCCCCCCC[NH+](C)C.[Cl-]. The third kappa shape index (κ3) is 63.0. The lowest BCUT2D eigenvalue weighted by Gasteiger charge is -2.06. The summed E-state index contributed by atoms with van der Waals surface area (Å²) in [6.07, 6.45) is 46.8. The van der Waals surface area contributed by atoms with Gasteiger partial charge in [-0.15, -0.1) is 0 Å². The molecule has 0 amide bonds. The molecule has 0 aliphatic rings. The first-order chi connectivity index (χ1) is 23.2. The smallest absolute Gasteiger partial charge is 0.0766 e. The Morgan fingerprint density at radius 3 is 0.673 bits per heavy atom. The lowest BCUT2D eigenvalue weighted by Crippen LogP contribution is -3.05. The molecule has 2 N–H and O–H groups in total. The summed E-state index contributed by atoms with van der Waals surface area (Å²) in [5.41, 5.74) is 0.0648. The highest BCUT2D eigenvalue weighted by molar-refractivity contribution is 5.82. The van der Waals surface area contributed by atoms with Gasteiger partial charge < -0.3 is 32.1 Å². The van der Waals surface area contributed by atoms with Gasteiger partial charge in [-0.25, -0.2) is 0 Å². The summed E-state index contributed by atoms with van der Waals surface area (Å²) in [5.74, 6) is -1.19. The molecule has 5 heteroatoms. The molecule has 0 unspecified atom stereocenters. The number of quaternary nitrogens is 2. The van der Waals surface area contributed by atoms with Crippen molar-refractivity contribution in [1.29, 1.82) is 0 Å². The van der Waals surface area contributed by atoms with Gasteiger partial charge in [-0.1, -0.05) is 200 Å². The molecule has 0 heterocycles. The number of rotatable bonds is 35. The van der Waals surface area contributed by atoms with E-state index in [1.807, 2.05) is 0 Å². The molecule has 0 atom stereocenters. The van der Waals surface area contributed by atoms with Crippen molar-refractivity contribution in [2.45, 2.75) is 226 Å². The number of nitrogens with one attached hydrogen (secondary N) is 2. The van der Waals surface area contributed by atoms with Crippen LogP contribution in [0.2, 0.25) is 0 Å². The van der Waals surface area contributed by atoms with Crippen molar-refractivity contribution in [3.8, 4) is 0 Å². The van der Waals surface area contributed by atoms with E-state index in [0.29, 0.717) is 0 Å². The van der Waals surface area contributed by atoms with Gasteiger partial charge in [-0.05, 0) is 38.2 Å². The Morgan fingerprint density at radius 2 is 0.551 bits per heavy atom. The molecular formula is C44H93ClN2O2. The fraction of sp³-hybridized carbons (Fsp3) is 0.932. The summed E-state index contributed by atoms with van der Waals surface area (Å²) in [7, 11) is 9.02. The second-order valence-corrected chi connectivity index (χ2v) is 15.6. The second-order valence-electron chi connectivity index (χ2n) is 15.6. The maximum absolute atomic E-state index is 9.49. The third-order valence-electron chi connectivity index (χ3n) is 9.41. The number of aliphatic carboxylic acids is 1. The van der Waals surface area contributed by atoms with Crippen molar-refractivity contribution in [2.24, 2.45) is 0 Å². The minimum absolute atomic E-state index is 0. The molecule has 0 fully saturated rings. The van der Waals surface area contributed by atoms with Crippen LogP contribution in [0.1, 0.15) is 226 Å². The maximum Gasteiger partial charge on any atom is 0.0766 e. The molecule has 0 aromatic heterocycles. The quantitative estimate of drug-likeness (QED) is 0.0543. The number of hydrogen-bond acceptors (Lipinski definition) is 2. The Bertz CT molecular complexity index is 560. The molecule has 0 spiro atoms. The number of carbonyl (C=O) groups is 1. The molecule has 0 saturated carbocycles. The van der Waals surface area contributed by atoms with E-state index in [1.54, 1.807) is 9.80 Å². The number of carboxylic acids is 1. The predicted octanol–water partition coefficient (Wildman–Crippen LogP) is 7.10. The van der Waals surface area contributed by atoms with E-state index in [9.17, 15) is 9.90 Å². The average molecular weight is 718 g/mol. The van der Waals surface area contributed by atoms with Crippen molar-refractivity contribution in [3.63, 3.8) is 0 Å². The summed E-state index contributed by atoms with van der Waals surface area (Å²) in [4.78, 5) is 12.7. The Balaban J connectivity index is -0.000000348. The van der Waals surface area contributed by atoms with Crippen LogP contribution in [0.4, 0.5) is 0 Å². The number of carbonyl (C=O) groups excluding carboxylic acids is 1. The highest BCUT2D eigenvalue weighted by Crippen LogP contribution is 2.15. The monoisotopic (exact) mass is 717 g/mol. The highest BCUT2D eigenvalue weighted by atomic mass is 35.5. The Morgan fingerprint density at radius 1 is 0.408 bits per heavy atom. The molecule has 0 rings (SSSR count). The predicted molar refractivity (Wildman–Crippen MR) is 214 cm³/mol. The first-order valence-electron chi connectivity index (χ1n) is 21.6. The van der Waals surface area contributed by atoms with Crippen molar-refractivity contribution < 1.29 is 32.1 Å². The third-order valence-corrected chi connectivity index (χ3v) is 9.41. The van der Waals surface area contributed by atoms with Crippen molar-refractivity contribution in [1.82, 2.24) is 0 Å². The first kappa shape index (κ1) is 55.2. The van der Waals surface area contributed by atoms with Crippen molar-refractivity contribution in [3.05, 3.63) is 12.2 Å². The van der Waals surface area contributed by atoms with Crippen LogP contribution in [-0.2, 0) is 4.79 Å². The van der Waals surface area contributed by atoms with E-state index in [-0.39, 0.29) is 18.0 Å². The Labute approximate surface area is 316 Å². The first-order valence-corrected chi connectivity index (χ1v) is 21.6. The average Bonchev–Trinajstić information content (AvgIpc) is 3.04. The maximum atomic E-state index is 9.49. The van der Waals surface area contributed by atoms with Gasteiger partial charge >= 0.3 is 0 Å².